The molecule has 0 heterocycles. The molecule has 0 saturated heterocycles. The number of benzene rings is 1. The third-order valence-corrected chi connectivity index (χ3v) is 1.64. The smallest absolute Gasteiger partial charge is 0.162 e. The van der Waals surface area contributed by atoms with Gasteiger partial charge in [0.2, 0.25) is 0 Å². The quantitative estimate of drug-likeness (QED) is 0.761. The second-order valence-electron chi connectivity index (χ2n) is 2.69. The van der Waals surface area contributed by atoms with Crippen LogP contribution in [0.1, 0.15) is 18.6 Å². The van der Waals surface area contributed by atoms with Gasteiger partial charge >= 0.3 is 0 Å². The zero-order chi connectivity index (χ0) is 10.0. The molecule has 1 aromatic carbocycles. The standard InChI is InChI=1S/C9H8F2O2/c1-5(12)9(13)6-2-3-7(10)8(11)4-6/h2-4,9,13H,1H3. The first-order chi connectivity index (χ1) is 6.02. The highest BCUT2D eigenvalue weighted by molar-refractivity contribution is 5.81. The van der Waals surface area contributed by atoms with Gasteiger partial charge < -0.3 is 5.11 Å². The van der Waals surface area contributed by atoms with Gasteiger partial charge in [-0.15, -0.1) is 0 Å². The topological polar surface area (TPSA) is 37.3 Å². The van der Waals surface area contributed by atoms with Crippen LogP contribution >= 0.6 is 0 Å². The molecule has 1 N–H and O–H groups in total. The van der Waals surface area contributed by atoms with Crippen LogP contribution in [0.25, 0.3) is 0 Å². The van der Waals surface area contributed by atoms with Gasteiger partial charge in [0.15, 0.2) is 17.4 Å². The highest BCUT2D eigenvalue weighted by atomic mass is 19.2. The Hall–Kier alpha value is -1.29. The van der Waals surface area contributed by atoms with E-state index in [-0.39, 0.29) is 5.56 Å². The van der Waals surface area contributed by atoms with Crippen molar-refractivity contribution in [1.29, 1.82) is 0 Å². The first kappa shape index (κ1) is 9.80. The highest BCUT2D eigenvalue weighted by Gasteiger charge is 2.14. The van der Waals surface area contributed by atoms with Crippen molar-refractivity contribution in [2.24, 2.45) is 0 Å². The van der Waals surface area contributed by atoms with Crippen molar-refractivity contribution >= 4 is 5.78 Å². The molecule has 0 fully saturated rings. The minimum absolute atomic E-state index is 0.0615. The number of halogens is 2. The molecule has 1 aromatic rings. The molecule has 1 atom stereocenters. The fourth-order valence-corrected chi connectivity index (χ4v) is 0.917. The van der Waals surface area contributed by atoms with Crippen LogP contribution < -0.4 is 0 Å². The number of carbonyl (C=O) groups is 1. The van der Waals surface area contributed by atoms with Crippen molar-refractivity contribution in [2.75, 3.05) is 0 Å². The third-order valence-electron chi connectivity index (χ3n) is 1.64. The zero-order valence-corrected chi connectivity index (χ0v) is 6.92. The van der Waals surface area contributed by atoms with Crippen LogP contribution in [-0.4, -0.2) is 10.9 Å². The van der Waals surface area contributed by atoms with Gasteiger partial charge in [-0.3, -0.25) is 4.79 Å². The van der Waals surface area contributed by atoms with Gasteiger partial charge in [-0.25, -0.2) is 8.78 Å². The summed E-state index contributed by atoms with van der Waals surface area (Å²) in [6, 6.07) is 2.85. The molecular weight excluding hydrogens is 178 g/mol. The molecule has 0 spiro atoms. The van der Waals surface area contributed by atoms with E-state index in [4.69, 9.17) is 0 Å². The van der Waals surface area contributed by atoms with E-state index in [1.807, 2.05) is 0 Å². The minimum Gasteiger partial charge on any atom is -0.381 e. The Kier molecular flexibility index (Phi) is 2.72. The average molecular weight is 186 g/mol. The maximum Gasteiger partial charge on any atom is 0.162 e. The van der Waals surface area contributed by atoms with Gasteiger partial charge in [0.1, 0.15) is 6.10 Å². The van der Waals surface area contributed by atoms with E-state index in [1.165, 1.54) is 13.0 Å². The van der Waals surface area contributed by atoms with Crippen LogP contribution in [0.2, 0.25) is 0 Å². The Morgan fingerprint density at radius 1 is 1.38 bits per heavy atom. The van der Waals surface area contributed by atoms with E-state index in [9.17, 15) is 18.7 Å². The molecule has 13 heavy (non-hydrogen) atoms. The van der Waals surface area contributed by atoms with Gasteiger partial charge in [-0.05, 0) is 24.6 Å². The van der Waals surface area contributed by atoms with Gasteiger partial charge in [0, 0.05) is 0 Å². The van der Waals surface area contributed by atoms with Crippen molar-refractivity contribution in [1.82, 2.24) is 0 Å². The van der Waals surface area contributed by atoms with Crippen molar-refractivity contribution in [2.45, 2.75) is 13.0 Å². The maximum atomic E-state index is 12.6. The van der Waals surface area contributed by atoms with Crippen LogP contribution in [0.15, 0.2) is 18.2 Å². The lowest BCUT2D eigenvalue weighted by Crippen LogP contribution is -2.07. The predicted octanol–water partition coefficient (Wildman–Crippen LogP) is 1.59. The van der Waals surface area contributed by atoms with Crippen molar-refractivity contribution in [3.63, 3.8) is 0 Å². The summed E-state index contributed by atoms with van der Waals surface area (Å²) in [5, 5.41) is 9.17. The number of rotatable bonds is 2. The van der Waals surface area contributed by atoms with E-state index in [1.54, 1.807) is 0 Å². The second-order valence-corrected chi connectivity index (χ2v) is 2.69. The Balaban J connectivity index is 3.03. The molecule has 0 saturated carbocycles. The largest absolute Gasteiger partial charge is 0.381 e. The molecule has 0 aromatic heterocycles. The Morgan fingerprint density at radius 3 is 2.46 bits per heavy atom. The molecule has 1 rings (SSSR count). The van der Waals surface area contributed by atoms with Gasteiger partial charge in [-0.2, -0.15) is 0 Å². The molecular formula is C9H8F2O2. The fourth-order valence-electron chi connectivity index (χ4n) is 0.917. The second kappa shape index (κ2) is 3.62. The number of hydrogen-bond donors (Lipinski definition) is 1. The maximum absolute atomic E-state index is 12.6. The van der Waals surface area contributed by atoms with Gasteiger partial charge in [0.05, 0.1) is 0 Å². The van der Waals surface area contributed by atoms with Gasteiger partial charge in [-0.1, -0.05) is 6.07 Å². The van der Waals surface area contributed by atoms with Gasteiger partial charge in [0.25, 0.3) is 0 Å². The van der Waals surface area contributed by atoms with Crippen LogP contribution in [0.4, 0.5) is 8.78 Å². The average Bonchev–Trinajstić information content (AvgIpc) is 2.08. The van der Waals surface area contributed by atoms with Crippen LogP contribution in [0.5, 0.6) is 0 Å². The number of aliphatic hydroxyl groups is 1. The molecule has 0 aliphatic heterocycles. The molecule has 0 bridgehead atoms. The number of hydrogen-bond acceptors (Lipinski definition) is 2. The third kappa shape index (κ3) is 2.09. The summed E-state index contributed by atoms with van der Waals surface area (Å²) in [5.41, 5.74) is 0.0615. The lowest BCUT2D eigenvalue weighted by molar-refractivity contribution is -0.125. The number of ketones is 1. The van der Waals surface area contributed by atoms with Crippen molar-refractivity contribution < 1.29 is 18.7 Å². The summed E-state index contributed by atoms with van der Waals surface area (Å²) in [6.45, 7) is 1.17. The number of carbonyl (C=O) groups excluding carboxylic acids is 1. The van der Waals surface area contributed by atoms with Crippen molar-refractivity contribution in [3.8, 4) is 0 Å². The molecule has 4 heteroatoms. The Bertz CT molecular complexity index is 336. The first-order valence-corrected chi connectivity index (χ1v) is 3.66. The van der Waals surface area contributed by atoms with E-state index in [2.05, 4.69) is 0 Å². The van der Waals surface area contributed by atoms with Crippen LogP contribution in [0, 0.1) is 11.6 Å². The summed E-state index contributed by atoms with van der Waals surface area (Å²) in [4.78, 5) is 10.7. The van der Waals surface area contributed by atoms with E-state index in [0.717, 1.165) is 12.1 Å². The molecule has 0 amide bonds. The SMILES string of the molecule is CC(=O)C(O)c1ccc(F)c(F)c1. The predicted molar refractivity (Wildman–Crippen MR) is 42.0 cm³/mol. The normalized spacial score (nSPS) is 12.6. The van der Waals surface area contributed by atoms with E-state index in [0.29, 0.717) is 0 Å². The monoisotopic (exact) mass is 186 g/mol. The summed E-state index contributed by atoms with van der Waals surface area (Å²) in [6.07, 6.45) is -1.38. The first-order valence-electron chi connectivity index (χ1n) is 3.66. The highest BCUT2D eigenvalue weighted by Crippen LogP contribution is 2.16. The van der Waals surface area contributed by atoms with Crippen molar-refractivity contribution in [3.05, 3.63) is 35.4 Å². The molecule has 2 nitrogen and oxygen atoms in total. The lowest BCUT2D eigenvalue weighted by Gasteiger charge is -2.06. The summed E-state index contributed by atoms with van der Waals surface area (Å²) >= 11 is 0. The zero-order valence-electron chi connectivity index (χ0n) is 6.92. The number of Topliss-reactive ketones (excluding diaryl/α,β-unsaturated/α-hetero) is 1. The summed E-state index contributed by atoms with van der Waals surface area (Å²) in [5.74, 6) is -2.58. The molecule has 1 unspecified atom stereocenters. The molecule has 70 valence electrons. The Labute approximate surface area is 73.8 Å². The molecule has 0 radical (unpaired) electrons. The van der Waals surface area contributed by atoms with Crippen LogP contribution in [0.3, 0.4) is 0 Å². The minimum atomic E-state index is -1.38. The fraction of sp³-hybridized carbons (Fsp3) is 0.222. The van der Waals surface area contributed by atoms with E-state index >= 15 is 0 Å². The molecule has 0 aliphatic rings. The molecule has 0 aliphatic carbocycles. The van der Waals surface area contributed by atoms with E-state index < -0.39 is 23.5 Å². The number of aliphatic hydroxyl groups excluding tert-OH is 1. The summed E-state index contributed by atoms with van der Waals surface area (Å²) < 4.78 is 25.0. The summed E-state index contributed by atoms with van der Waals surface area (Å²) in [7, 11) is 0. The Morgan fingerprint density at radius 2 is 2.00 bits per heavy atom. The lowest BCUT2D eigenvalue weighted by atomic mass is 10.1. The van der Waals surface area contributed by atoms with Crippen LogP contribution in [-0.2, 0) is 4.79 Å².